The molecule has 0 radical (unpaired) electrons. The van der Waals surface area contributed by atoms with E-state index in [2.05, 4.69) is 45.6 Å². The molecule has 2 aromatic rings. The van der Waals surface area contributed by atoms with Crippen molar-refractivity contribution in [1.29, 1.82) is 0 Å². The molecule has 1 saturated carbocycles. The van der Waals surface area contributed by atoms with E-state index in [0.29, 0.717) is 30.2 Å². The van der Waals surface area contributed by atoms with Gasteiger partial charge in [0.2, 0.25) is 5.95 Å². The number of benzene rings is 1. The average molecular weight is 529 g/mol. The number of hydrogen-bond donors (Lipinski definition) is 2. The van der Waals surface area contributed by atoms with Crippen molar-refractivity contribution in [2.75, 3.05) is 61.1 Å². The summed E-state index contributed by atoms with van der Waals surface area (Å²) in [7, 11) is 0. The van der Waals surface area contributed by atoms with E-state index in [1.165, 1.54) is 31.2 Å². The first kappa shape index (κ1) is 25.5. The molecule has 194 valence electrons. The third-order valence-electron chi connectivity index (χ3n) is 7.83. The summed E-state index contributed by atoms with van der Waals surface area (Å²) < 4.78 is 5.56. The van der Waals surface area contributed by atoms with E-state index in [1.54, 1.807) is 0 Å². The Morgan fingerprint density at radius 2 is 1.83 bits per heavy atom. The minimum Gasteiger partial charge on any atom is -0.378 e. The predicted octanol–water partition coefficient (Wildman–Crippen LogP) is 5.00. The second kappa shape index (κ2) is 11.5. The van der Waals surface area contributed by atoms with Gasteiger partial charge >= 0.3 is 0 Å². The van der Waals surface area contributed by atoms with Gasteiger partial charge in [0.05, 0.1) is 13.2 Å². The van der Waals surface area contributed by atoms with E-state index in [4.69, 9.17) is 38.5 Å². The summed E-state index contributed by atoms with van der Waals surface area (Å²) in [6.07, 6.45) is 7.15. The molecule has 7 nitrogen and oxygen atoms in total. The highest BCUT2D eigenvalue weighted by atomic mass is 35.5. The quantitative estimate of drug-likeness (QED) is 0.508. The van der Waals surface area contributed by atoms with Crippen LogP contribution in [0.1, 0.15) is 51.0 Å². The first-order valence-electron chi connectivity index (χ1n) is 13.3. The average Bonchev–Trinajstić information content (AvgIpc) is 3.38. The number of morpholine rings is 1. The van der Waals surface area contributed by atoms with Crippen LogP contribution in [0.15, 0.2) is 30.3 Å². The Labute approximate surface area is 225 Å². The second-order valence-corrected chi connectivity index (χ2v) is 11.4. The minimum atomic E-state index is 0.0439. The van der Waals surface area contributed by atoms with E-state index in [9.17, 15) is 0 Å². The van der Waals surface area contributed by atoms with Crippen molar-refractivity contribution in [3.63, 3.8) is 0 Å². The molecule has 0 spiro atoms. The van der Waals surface area contributed by atoms with Crippen molar-refractivity contribution in [2.24, 2.45) is 5.92 Å². The van der Waals surface area contributed by atoms with Crippen molar-refractivity contribution in [1.82, 2.24) is 15.3 Å². The topological polar surface area (TPSA) is 65.6 Å². The molecule has 0 amide bonds. The van der Waals surface area contributed by atoms with Gasteiger partial charge in [-0.2, -0.15) is 9.97 Å². The molecule has 36 heavy (non-hydrogen) atoms. The van der Waals surface area contributed by atoms with Gasteiger partial charge in [0.1, 0.15) is 11.6 Å². The zero-order chi connectivity index (χ0) is 25.0. The number of halogens is 1. The van der Waals surface area contributed by atoms with Crippen molar-refractivity contribution in [3.8, 4) is 0 Å². The van der Waals surface area contributed by atoms with Crippen LogP contribution in [-0.4, -0.2) is 61.0 Å². The fourth-order valence-corrected chi connectivity index (χ4v) is 6.18. The summed E-state index contributed by atoms with van der Waals surface area (Å²) in [5.41, 5.74) is 1.33. The van der Waals surface area contributed by atoms with Gasteiger partial charge in [-0.25, -0.2) is 0 Å². The van der Waals surface area contributed by atoms with E-state index in [-0.39, 0.29) is 5.41 Å². The lowest BCUT2D eigenvalue weighted by Crippen LogP contribution is -2.41. The standard InChI is InChI=1S/C27H37ClN6OS/c1-20-6-5-11-34(18-20)24-17-23(33-12-14-35-15-13-33)30-25(31-24)32-26(36)29-19-27(9-2-3-10-27)21-7-4-8-22(28)16-21/h4,7-8,16-17,20H,2-3,5-6,9-15,18-19H2,1H3,(H2,29,30,31,32,36). The molecule has 2 saturated heterocycles. The molecule has 1 aliphatic carbocycles. The van der Waals surface area contributed by atoms with Crippen LogP contribution in [0.5, 0.6) is 0 Å². The summed E-state index contributed by atoms with van der Waals surface area (Å²) in [6, 6.07) is 10.4. The highest BCUT2D eigenvalue weighted by molar-refractivity contribution is 7.80. The van der Waals surface area contributed by atoms with Crippen molar-refractivity contribution >= 4 is 46.5 Å². The molecule has 3 fully saturated rings. The number of aromatic nitrogens is 2. The Morgan fingerprint density at radius 3 is 2.56 bits per heavy atom. The van der Waals surface area contributed by atoms with Gasteiger partial charge in [0.15, 0.2) is 5.11 Å². The zero-order valence-corrected chi connectivity index (χ0v) is 22.7. The summed E-state index contributed by atoms with van der Waals surface area (Å²) in [5, 5.41) is 8.13. The lowest BCUT2D eigenvalue weighted by Gasteiger charge is -2.33. The highest BCUT2D eigenvalue weighted by Crippen LogP contribution is 2.41. The summed E-state index contributed by atoms with van der Waals surface area (Å²) in [4.78, 5) is 14.4. The van der Waals surface area contributed by atoms with Crippen molar-refractivity contribution in [3.05, 3.63) is 40.9 Å². The lowest BCUT2D eigenvalue weighted by atomic mass is 9.79. The molecule has 3 aliphatic rings. The molecule has 1 unspecified atom stereocenters. The first-order valence-corrected chi connectivity index (χ1v) is 14.1. The second-order valence-electron chi connectivity index (χ2n) is 10.5. The Balaban J connectivity index is 1.32. The molecule has 0 bridgehead atoms. The van der Waals surface area contributed by atoms with Crippen LogP contribution in [0, 0.1) is 5.92 Å². The number of piperidine rings is 1. The zero-order valence-electron chi connectivity index (χ0n) is 21.1. The molecule has 1 aromatic carbocycles. The molecule has 2 aliphatic heterocycles. The van der Waals surface area contributed by atoms with E-state index in [1.807, 2.05) is 12.1 Å². The maximum absolute atomic E-state index is 6.33. The summed E-state index contributed by atoms with van der Waals surface area (Å²) >= 11 is 12.1. The molecule has 1 atom stereocenters. The number of rotatable bonds is 6. The molecule has 9 heteroatoms. The third-order valence-corrected chi connectivity index (χ3v) is 8.31. The van der Waals surface area contributed by atoms with Gasteiger partial charge in [0, 0.05) is 49.2 Å². The number of nitrogens with zero attached hydrogens (tertiary/aromatic N) is 4. The number of hydrogen-bond acceptors (Lipinski definition) is 6. The van der Waals surface area contributed by atoms with Crippen LogP contribution in [0.3, 0.4) is 0 Å². The van der Waals surface area contributed by atoms with Crippen LogP contribution in [-0.2, 0) is 10.2 Å². The van der Waals surface area contributed by atoms with E-state index >= 15 is 0 Å². The van der Waals surface area contributed by atoms with Crippen LogP contribution in [0.25, 0.3) is 0 Å². The lowest BCUT2D eigenvalue weighted by molar-refractivity contribution is 0.122. The van der Waals surface area contributed by atoms with E-state index < -0.39 is 0 Å². The van der Waals surface area contributed by atoms with Crippen LogP contribution in [0.4, 0.5) is 17.6 Å². The van der Waals surface area contributed by atoms with Crippen LogP contribution >= 0.6 is 23.8 Å². The van der Waals surface area contributed by atoms with Crippen molar-refractivity contribution < 1.29 is 4.74 Å². The van der Waals surface area contributed by atoms with Gasteiger partial charge in [-0.1, -0.05) is 43.5 Å². The monoisotopic (exact) mass is 528 g/mol. The fourth-order valence-electron chi connectivity index (χ4n) is 5.82. The number of nitrogens with one attached hydrogen (secondary N) is 2. The van der Waals surface area contributed by atoms with Gasteiger partial charge in [-0.15, -0.1) is 0 Å². The van der Waals surface area contributed by atoms with Gasteiger partial charge in [-0.05, 0) is 61.5 Å². The molecule has 3 heterocycles. The summed E-state index contributed by atoms with van der Waals surface area (Å²) in [5.74, 6) is 3.11. The van der Waals surface area contributed by atoms with Crippen LogP contribution < -0.4 is 20.4 Å². The van der Waals surface area contributed by atoms with Gasteiger partial charge in [0.25, 0.3) is 0 Å². The Morgan fingerprint density at radius 1 is 1.08 bits per heavy atom. The maximum Gasteiger partial charge on any atom is 0.232 e. The minimum absolute atomic E-state index is 0.0439. The Bertz CT molecular complexity index is 1060. The fraction of sp³-hybridized carbons (Fsp3) is 0.593. The molecular formula is C27H37ClN6OS. The first-order chi connectivity index (χ1) is 17.5. The Hall–Kier alpha value is -2.16. The highest BCUT2D eigenvalue weighted by Gasteiger charge is 2.36. The van der Waals surface area contributed by atoms with Gasteiger partial charge < -0.3 is 25.2 Å². The molecule has 1 aromatic heterocycles. The predicted molar refractivity (Wildman–Crippen MR) is 151 cm³/mol. The Kier molecular flexibility index (Phi) is 8.13. The largest absolute Gasteiger partial charge is 0.378 e. The molecule has 2 N–H and O–H groups in total. The third kappa shape index (κ3) is 6.03. The van der Waals surface area contributed by atoms with Crippen molar-refractivity contribution in [2.45, 2.75) is 50.9 Å². The number of anilines is 3. The molecule has 5 rings (SSSR count). The SMILES string of the molecule is CC1CCCN(c2cc(N3CCOCC3)nc(NC(=S)NCC3(c4cccc(Cl)c4)CCCC3)n2)C1. The molecular weight excluding hydrogens is 492 g/mol. The summed E-state index contributed by atoms with van der Waals surface area (Å²) in [6.45, 7) is 8.21. The smallest absolute Gasteiger partial charge is 0.232 e. The van der Waals surface area contributed by atoms with Gasteiger partial charge in [-0.3, -0.25) is 0 Å². The van der Waals surface area contributed by atoms with E-state index in [0.717, 1.165) is 62.2 Å². The van der Waals surface area contributed by atoms with Crippen LogP contribution in [0.2, 0.25) is 5.02 Å². The maximum atomic E-state index is 6.33. The normalized spacial score (nSPS) is 21.9. The number of thiocarbonyl (C=S) groups is 1. The number of ether oxygens (including phenoxy) is 1.